The number of hydrogen-bond acceptors (Lipinski definition) is 4. The Bertz CT molecular complexity index is 603. The second-order valence-electron chi connectivity index (χ2n) is 5.26. The molecule has 0 bridgehead atoms. The molecule has 0 aromatic carbocycles. The van der Waals surface area contributed by atoms with Crippen LogP contribution in [0.3, 0.4) is 0 Å². The van der Waals surface area contributed by atoms with Crippen molar-refractivity contribution in [3.63, 3.8) is 0 Å². The second-order valence-corrected chi connectivity index (χ2v) is 5.26. The molecule has 0 unspecified atom stereocenters. The first-order valence-electron chi connectivity index (χ1n) is 6.45. The van der Waals surface area contributed by atoms with Crippen LogP contribution in [0.15, 0.2) is 15.8 Å². The Morgan fingerprint density at radius 1 is 1.37 bits per heavy atom. The third kappa shape index (κ3) is 2.76. The quantitative estimate of drug-likeness (QED) is 0.822. The fourth-order valence-corrected chi connectivity index (χ4v) is 2.74. The summed E-state index contributed by atoms with van der Waals surface area (Å²) in [5.41, 5.74) is -1.58. The van der Waals surface area contributed by atoms with E-state index in [4.69, 9.17) is 5.26 Å². The third-order valence-electron chi connectivity index (χ3n) is 3.89. The first kappa shape index (κ1) is 13.6. The highest BCUT2D eigenvalue weighted by Gasteiger charge is 2.32. The van der Waals surface area contributed by atoms with Gasteiger partial charge in [-0.25, -0.2) is 4.79 Å². The van der Waals surface area contributed by atoms with Gasteiger partial charge in [0.1, 0.15) is 11.6 Å². The van der Waals surface area contributed by atoms with Crippen molar-refractivity contribution < 1.29 is 5.11 Å². The van der Waals surface area contributed by atoms with Gasteiger partial charge < -0.3 is 5.11 Å². The Hall–Kier alpha value is -1.87. The molecule has 1 saturated carbocycles. The molecule has 0 radical (unpaired) electrons. The first-order chi connectivity index (χ1) is 9.10. The number of aromatic amines is 1. The molecule has 1 aromatic rings. The van der Waals surface area contributed by atoms with Crippen molar-refractivity contribution in [1.29, 1.82) is 5.26 Å². The van der Waals surface area contributed by atoms with E-state index >= 15 is 0 Å². The van der Waals surface area contributed by atoms with Crippen molar-refractivity contribution in [3.05, 3.63) is 32.6 Å². The van der Waals surface area contributed by atoms with Crippen LogP contribution in [0.5, 0.6) is 0 Å². The minimum Gasteiger partial charge on any atom is -0.396 e. The molecule has 0 saturated heterocycles. The van der Waals surface area contributed by atoms with Crippen molar-refractivity contribution in [2.45, 2.75) is 38.6 Å². The van der Waals surface area contributed by atoms with E-state index in [0.29, 0.717) is 6.54 Å². The normalized spacial score (nSPS) is 17.9. The minimum absolute atomic E-state index is 0.0143. The largest absolute Gasteiger partial charge is 0.396 e. The van der Waals surface area contributed by atoms with Gasteiger partial charge in [-0.1, -0.05) is 19.3 Å². The maximum Gasteiger partial charge on any atom is 0.328 e. The van der Waals surface area contributed by atoms with Gasteiger partial charge in [-0.05, 0) is 12.8 Å². The zero-order valence-corrected chi connectivity index (χ0v) is 10.7. The average molecular weight is 263 g/mol. The van der Waals surface area contributed by atoms with Crippen molar-refractivity contribution in [3.8, 4) is 6.07 Å². The van der Waals surface area contributed by atoms with Gasteiger partial charge in [0, 0.05) is 18.2 Å². The minimum atomic E-state index is -0.662. The highest BCUT2D eigenvalue weighted by atomic mass is 16.3. The predicted molar refractivity (Wildman–Crippen MR) is 68.6 cm³/mol. The van der Waals surface area contributed by atoms with Crippen LogP contribution >= 0.6 is 0 Å². The smallest absolute Gasteiger partial charge is 0.328 e. The summed E-state index contributed by atoms with van der Waals surface area (Å²) in [5, 5.41) is 18.4. The highest BCUT2D eigenvalue weighted by molar-refractivity contribution is 5.21. The number of nitrogens with one attached hydrogen (secondary N) is 1. The number of rotatable bonds is 3. The van der Waals surface area contributed by atoms with Gasteiger partial charge in [0.2, 0.25) is 0 Å². The van der Waals surface area contributed by atoms with Gasteiger partial charge in [0.15, 0.2) is 0 Å². The Morgan fingerprint density at radius 2 is 2.05 bits per heavy atom. The summed E-state index contributed by atoms with van der Waals surface area (Å²) >= 11 is 0. The van der Waals surface area contributed by atoms with E-state index in [0.717, 1.165) is 32.1 Å². The monoisotopic (exact) mass is 263 g/mol. The van der Waals surface area contributed by atoms with Crippen molar-refractivity contribution in [2.24, 2.45) is 5.41 Å². The molecule has 1 aliphatic rings. The van der Waals surface area contributed by atoms with Crippen LogP contribution in [0.1, 0.15) is 37.7 Å². The molecule has 1 aliphatic carbocycles. The number of hydrogen-bond donors (Lipinski definition) is 2. The average Bonchev–Trinajstić information content (AvgIpc) is 2.43. The maximum atomic E-state index is 11.8. The van der Waals surface area contributed by atoms with E-state index in [1.165, 1.54) is 10.8 Å². The molecule has 0 aliphatic heterocycles. The molecular weight excluding hydrogens is 246 g/mol. The lowest BCUT2D eigenvalue weighted by Crippen LogP contribution is -2.39. The summed E-state index contributed by atoms with van der Waals surface area (Å²) in [6.07, 6.45) is 6.21. The number of nitriles is 1. The van der Waals surface area contributed by atoms with Crippen LogP contribution in [0.2, 0.25) is 0 Å². The van der Waals surface area contributed by atoms with Crippen LogP contribution in [0, 0.1) is 16.7 Å². The molecule has 102 valence electrons. The van der Waals surface area contributed by atoms with Crippen LogP contribution in [-0.4, -0.2) is 21.3 Å². The Morgan fingerprint density at radius 3 is 2.63 bits per heavy atom. The lowest BCUT2D eigenvalue weighted by atomic mass is 9.74. The first-order valence-corrected chi connectivity index (χ1v) is 6.45. The summed E-state index contributed by atoms with van der Waals surface area (Å²) < 4.78 is 1.33. The van der Waals surface area contributed by atoms with Crippen LogP contribution in [-0.2, 0) is 6.54 Å². The number of aromatic nitrogens is 2. The number of aliphatic hydroxyl groups excluding tert-OH is 1. The van der Waals surface area contributed by atoms with E-state index in [1.807, 2.05) is 0 Å². The Balaban J connectivity index is 2.35. The standard InChI is InChI=1S/C13H17N3O3/c14-6-10-7-16(12(19)15-11(10)18)8-13(9-17)4-2-1-3-5-13/h7,17H,1-5,8-9H2,(H,15,18,19). The third-order valence-corrected chi connectivity index (χ3v) is 3.89. The summed E-state index contributed by atoms with van der Waals surface area (Å²) in [6.45, 7) is 0.355. The number of aliphatic hydroxyl groups is 1. The van der Waals surface area contributed by atoms with E-state index in [2.05, 4.69) is 4.98 Å². The lowest BCUT2D eigenvalue weighted by molar-refractivity contribution is 0.0632. The Labute approximate surface area is 110 Å². The van der Waals surface area contributed by atoms with Gasteiger partial charge in [-0.15, -0.1) is 0 Å². The molecule has 19 heavy (non-hydrogen) atoms. The molecule has 1 heterocycles. The predicted octanol–water partition coefficient (Wildman–Crippen LogP) is 0.351. The fourth-order valence-electron chi connectivity index (χ4n) is 2.74. The molecule has 2 N–H and O–H groups in total. The van der Waals surface area contributed by atoms with Gasteiger partial charge in [-0.3, -0.25) is 14.3 Å². The zero-order chi connectivity index (χ0) is 13.9. The topological polar surface area (TPSA) is 98.9 Å². The molecule has 6 nitrogen and oxygen atoms in total. The van der Waals surface area contributed by atoms with Crippen LogP contribution in [0.4, 0.5) is 0 Å². The molecule has 1 fully saturated rings. The lowest BCUT2D eigenvalue weighted by Gasteiger charge is -2.35. The molecule has 0 amide bonds. The summed E-state index contributed by atoms with van der Waals surface area (Å²) in [4.78, 5) is 25.2. The van der Waals surface area contributed by atoms with Crippen molar-refractivity contribution in [1.82, 2.24) is 9.55 Å². The van der Waals surface area contributed by atoms with Gasteiger partial charge in [-0.2, -0.15) is 5.26 Å². The van der Waals surface area contributed by atoms with Crippen LogP contribution < -0.4 is 11.2 Å². The zero-order valence-electron chi connectivity index (χ0n) is 10.7. The van der Waals surface area contributed by atoms with Gasteiger partial charge in [0.25, 0.3) is 5.56 Å². The van der Waals surface area contributed by atoms with Crippen molar-refractivity contribution >= 4 is 0 Å². The molecule has 2 rings (SSSR count). The second kappa shape index (κ2) is 5.41. The maximum absolute atomic E-state index is 11.8. The van der Waals surface area contributed by atoms with Gasteiger partial charge in [0.05, 0.1) is 6.61 Å². The molecule has 6 heteroatoms. The molecule has 1 aromatic heterocycles. The molecule has 0 spiro atoms. The van der Waals surface area contributed by atoms with E-state index < -0.39 is 11.2 Å². The number of nitrogens with zero attached hydrogens (tertiary/aromatic N) is 2. The van der Waals surface area contributed by atoms with E-state index in [1.54, 1.807) is 6.07 Å². The SMILES string of the molecule is N#Cc1cn(CC2(CO)CCCCC2)c(=O)[nH]c1=O. The van der Waals surface area contributed by atoms with E-state index in [9.17, 15) is 14.7 Å². The summed E-state index contributed by atoms with van der Waals surface area (Å²) in [5.74, 6) is 0. The highest BCUT2D eigenvalue weighted by Crippen LogP contribution is 2.36. The summed E-state index contributed by atoms with van der Waals surface area (Å²) in [7, 11) is 0. The van der Waals surface area contributed by atoms with E-state index in [-0.39, 0.29) is 17.6 Å². The van der Waals surface area contributed by atoms with Crippen molar-refractivity contribution in [2.75, 3.05) is 6.61 Å². The molecule has 0 atom stereocenters. The summed E-state index contributed by atoms with van der Waals surface area (Å²) in [6, 6.07) is 1.76. The number of H-pyrrole nitrogens is 1. The van der Waals surface area contributed by atoms with Gasteiger partial charge >= 0.3 is 5.69 Å². The van der Waals surface area contributed by atoms with Crippen LogP contribution in [0.25, 0.3) is 0 Å². The molecular formula is C13H17N3O3. The fraction of sp³-hybridized carbons (Fsp3) is 0.615. The Kier molecular flexibility index (Phi) is 3.86.